The van der Waals surface area contributed by atoms with Crippen molar-refractivity contribution < 1.29 is 4.79 Å². The number of hydrogen-bond acceptors (Lipinski definition) is 4. The lowest BCUT2D eigenvalue weighted by Gasteiger charge is -2.06. The van der Waals surface area contributed by atoms with E-state index in [1.54, 1.807) is 29.9 Å². The SMILES string of the molecule is Cc1cc(C(=O)NCc2ccnn2C)cc(N)n1. The van der Waals surface area contributed by atoms with E-state index in [2.05, 4.69) is 15.4 Å². The molecule has 0 saturated carbocycles. The number of rotatable bonds is 3. The van der Waals surface area contributed by atoms with Gasteiger partial charge in [0, 0.05) is 24.5 Å². The van der Waals surface area contributed by atoms with E-state index in [1.165, 1.54) is 0 Å². The van der Waals surface area contributed by atoms with Crippen LogP contribution in [0.1, 0.15) is 21.7 Å². The van der Waals surface area contributed by atoms with Gasteiger partial charge in [0.2, 0.25) is 0 Å². The molecule has 0 radical (unpaired) electrons. The molecule has 0 atom stereocenters. The summed E-state index contributed by atoms with van der Waals surface area (Å²) in [5.41, 5.74) is 7.78. The molecule has 18 heavy (non-hydrogen) atoms. The maximum Gasteiger partial charge on any atom is 0.251 e. The zero-order chi connectivity index (χ0) is 13.1. The minimum Gasteiger partial charge on any atom is -0.384 e. The number of nitrogens with zero attached hydrogens (tertiary/aromatic N) is 3. The summed E-state index contributed by atoms with van der Waals surface area (Å²) in [6, 6.07) is 5.12. The fourth-order valence-corrected chi connectivity index (χ4v) is 1.67. The second-order valence-electron chi connectivity index (χ2n) is 4.05. The van der Waals surface area contributed by atoms with Gasteiger partial charge in [-0.25, -0.2) is 4.98 Å². The molecule has 6 nitrogen and oxygen atoms in total. The van der Waals surface area contributed by atoms with E-state index in [9.17, 15) is 4.79 Å². The number of amides is 1. The Labute approximate surface area is 105 Å². The zero-order valence-corrected chi connectivity index (χ0v) is 10.3. The van der Waals surface area contributed by atoms with E-state index in [4.69, 9.17) is 5.73 Å². The lowest BCUT2D eigenvalue weighted by Crippen LogP contribution is -2.24. The quantitative estimate of drug-likeness (QED) is 0.830. The third-order valence-corrected chi connectivity index (χ3v) is 2.59. The average molecular weight is 245 g/mol. The number of aryl methyl sites for hydroxylation is 2. The second-order valence-corrected chi connectivity index (χ2v) is 4.05. The molecule has 2 rings (SSSR count). The fourth-order valence-electron chi connectivity index (χ4n) is 1.67. The van der Waals surface area contributed by atoms with Crippen LogP contribution in [0.15, 0.2) is 24.4 Å². The van der Waals surface area contributed by atoms with Crippen LogP contribution in [0.5, 0.6) is 0 Å². The first-order valence-corrected chi connectivity index (χ1v) is 5.55. The summed E-state index contributed by atoms with van der Waals surface area (Å²) in [5, 5.41) is 6.84. The smallest absolute Gasteiger partial charge is 0.251 e. The predicted molar refractivity (Wildman–Crippen MR) is 67.8 cm³/mol. The summed E-state index contributed by atoms with van der Waals surface area (Å²) in [4.78, 5) is 16.0. The molecule has 0 unspecified atom stereocenters. The van der Waals surface area contributed by atoms with Crippen LogP contribution in [0.25, 0.3) is 0 Å². The number of nitrogens with one attached hydrogen (secondary N) is 1. The maximum absolute atomic E-state index is 11.9. The number of aromatic nitrogens is 3. The number of nitrogens with two attached hydrogens (primary N) is 1. The topological polar surface area (TPSA) is 85.8 Å². The Morgan fingerprint density at radius 1 is 1.50 bits per heavy atom. The Kier molecular flexibility index (Phi) is 3.27. The standard InChI is InChI=1S/C12H15N5O/c1-8-5-9(6-11(13)16-8)12(18)14-7-10-3-4-15-17(10)2/h3-6H,7H2,1-2H3,(H2,13,16)(H,14,18). The molecule has 0 spiro atoms. The lowest BCUT2D eigenvalue weighted by molar-refractivity contribution is 0.0950. The highest BCUT2D eigenvalue weighted by Crippen LogP contribution is 2.07. The van der Waals surface area contributed by atoms with E-state index < -0.39 is 0 Å². The Bertz CT molecular complexity index is 555. The summed E-state index contributed by atoms with van der Waals surface area (Å²) >= 11 is 0. The van der Waals surface area contributed by atoms with E-state index in [1.807, 2.05) is 13.1 Å². The highest BCUT2D eigenvalue weighted by Gasteiger charge is 2.08. The lowest BCUT2D eigenvalue weighted by atomic mass is 10.2. The van der Waals surface area contributed by atoms with Crippen molar-refractivity contribution in [1.82, 2.24) is 20.1 Å². The molecule has 0 fully saturated rings. The molecule has 2 aromatic heterocycles. The first kappa shape index (κ1) is 12.1. The molecule has 94 valence electrons. The zero-order valence-electron chi connectivity index (χ0n) is 10.3. The third-order valence-electron chi connectivity index (χ3n) is 2.59. The van der Waals surface area contributed by atoms with Gasteiger partial charge in [0.05, 0.1) is 12.2 Å². The summed E-state index contributed by atoms with van der Waals surface area (Å²) in [6.07, 6.45) is 1.69. The van der Waals surface area contributed by atoms with Gasteiger partial charge in [-0.15, -0.1) is 0 Å². The van der Waals surface area contributed by atoms with Gasteiger partial charge in [-0.3, -0.25) is 9.48 Å². The average Bonchev–Trinajstić information content (AvgIpc) is 2.70. The van der Waals surface area contributed by atoms with E-state index >= 15 is 0 Å². The Hall–Kier alpha value is -2.37. The maximum atomic E-state index is 11.9. The molecule has 3 N–H and O–H groups in total. The Balaban J connectivity index is 2.06. The van der Waals surface area contributed by atoms with Gasteiger partial charge in [-0.1, -0.05) is 0 Å². The summed E-state index contributed by atoms with van der Waals surface area (Å²) < 4.78 is 1.71. The van der Waals surface area contributed by atoms with Crippen LogP contribution in [-0.4, -0.2) is 20.7 Å². The molecular weight excluding hydrogens is 230 g/mol. The number of nitrogen functional groups attached to an aromatic ring is 1. The summed E-state index contributed by atoms with van der Waals surface area (Å²) in [5.74, 6) is 0.175. The van der Waals surface area contributed by atoms with Crippen LogP contribution in [0.3, 0.4) is 0 Å². The van der Waals surface area contributed by atoms with Crippen molar-refractivity contribution in [3.8, 4) is 0 Å². The van der Waals surface area contributed by atoms with Gasteiger partial charge in [0.15, 0.2) is 0 Å². The molecule has 2 heterocycles. The highest BCUT2D eigenvalue weighted by atomic mass is 16.1. The van der Waals surface area contributed by atoms with Gasteiger partial charge < -0.3 is 11.1 Å². The van der Waals surface area contributed by atoms with Crippen LogP contribution in [0.4, 0.5) is 5.82 Å². The third kappa shape index (κ3) is 2.65. The van der Waals surface area contributed by atoms with Crippen molar-refractivity contribution in [3.05, 3.63) is 41.3 Å². The molecule has 0 saturated heterocycles. The predicted octanol–water partition coefficient (Wildman–Crippen LogP) is 0.636. The largest absolute Gasteiger partial charge is 0.384 e. The van der Waals surface area contributed by atoms with E-state index in [0.717, 1.165) is 11.4 Å². The van der Waals surface area contributed by atoms with Crippen LogP contribution >= 0.6 is 0 Å². The minimum atomic E-state index is -0.173. The minimum absolute atomic E-state index is 0.173. The number of pyridine rings is 1. The number of carbonyl (C=O) groups excluding carboxylic acids is 1. The Morgan fingerprint density at radius 3 is 2.89 bits per heavy atom. The van der Waals surface area contributed by atoms with Crippen molar-refractivity contribution in [1.29, 1.82) is 0 Å². The van der Waals surface area contributed by atoms with Gasteiger partial charge in [0.1, 0.15) is 5.82 Å². The van der Waals surface area contributed by atoms with Gasteiger partial charge in [-0.2, -0.15) is 5.10 Å². The molecule has 0 aliphatic rings. The molecule has 0 aliphatic heterocycles. The van der Waals surface area contributed by atoms with Crippen molar-refractivity contribution in [2.45, 2.75) is 13.5 Å². The van der Waals surface area contributed by atoms with Crippen LogP contribution in [0, 0.1) is 6.92 Å². The van der Waals surface area contributed by atoms with Crippen molar-refractivity contribution >= 4 is 11.7 Å². The second kappa shape index (κ2) is 4.87. The van der Waals surface area contributed by atoms with Crippen LogP contribution in [-0.2, 0) is 13.6 Å². The van der Waals surface area contributed by atoms with Crippen LogP contribution < -0.4 is 11.1 Å². The fraction of sp³-hybridized carbons (Fsp3) is 0.250. The molecule has 0 bridgehead atoms. The number of carbonyl (C=O) groups is 1. The highest BCUT2D eigenvalue weighted by molar-refractivity contribution is 5.94. The molecular formula is C12H15N5O. The van der Waals surface area contributed by atoms with Crippen LogP contribution in [0.2, 0.25) is 0 Å². The summed E-state index contributed by atoms with van der Waals surface area (Å²) in [6.45, 7) is 2.23. The molecule has 0 aliphatic carbocycles. The number of anilines is 1. The summed E-state index contributed by atoms with van der Waals surface area (Å²) in [7, 11) is 1.83. The van der Waals surface area contributed by atoms with E-state index in [-0.39, 0.29) is 5.91 Å². The number of hydrogen-bond donors (Lipinski definition) is 2. The first-order valence-electron chi connectivity index (χ1n) is 5.55. The molecule has 6 heteroatoms. The van der Waals surface area contributed by atoms with Gasteiger partial charge >= 0.3 is 0 Å². The molecule has 2 aromatic rings. The van der Waals surface area contributed by atoms with Crippen molar-refractivity contribution in [3.63, 3.8) is 0 Å². The van der Waals surface area contributed by atoms with Gasteiger partial charge in [-0.05, 0) is 25.1 Å². The first-order chi connectivity index (χ1) is 8.56. The normalized spacial score (nSPS) is 10.3. The Morgan fingerprint density at radius 2 is 2.28 bits per heavy atom. The van der Waals surface area contributed by atoms with Crippen molar-refractivity contribution in [2.24, 2.45) is 7.05 Å². The van der Waals surface area contributed by atoms with Crippen molar-refractivity contribution in [2.75, 3.05) is 5.73 Å². The monoisotopic (exact) mass is 245 g/mol. The molecule has 1 amide bonds. The molecule has 0 aromatic carbocycles. The van der Waals surface area contributed by atoms with Gasteiger partial charge in [0.25, 0.3) is 5.91 Å². The van der Waals surface area contributed by atoms with E-state index in [0.29, 0.717) is 17.9 Å².